The van der Waals surface area contributed by atoms with Crippen LogP contribution in [0.2, 0.25) is 5.54 Å². The van der Waals surface area contributed by atoms with Crippen LogP contribution in [0, 0.1) is 6.92 Å². The molecule has 0 saturated heterocycles. The van der Waals surface area contributed by atoms with Gasteiger partial charge in [0.2, 0.25) is 0 Å². The second-order valence-corrected chi connectivity index (χ2v) is 11.0. The zero-order chi connectivity index (χ0) is 20.0. The highest BCUT2D eigenvalue weighted by Gasteiger charge is 2.45. The fourth-order valence-electron chi connectivity index (χ4n) is 2.63. The number of rotatable bonds is 10. The van der Waals surface area contributed by atoms with Crippen LogP contribution in [0.4, 0.5) is 0 Å². The monoisotopic (exact) mass is 402 g/mol. The molecule has 26 heavy (non-hydrogen) atoms. The molecule has 0 radical (unpaired) electrons. The maximum atomic E-state index is 12.6. The van der Waals surface area contributed by atoms with Crippen molar-refractivity contribution in [1.29, 1.82) is 0 Å². The molecule has 0 aliphatic rings. The zero-order valence-corrected chi connectivity index (χ0v) is 17.5. The van der Waals surface area contributed by atoms with Crippen molar-refractivity contribution in [2.24, 2.45) is 0 Å². The van der Waals surface area contributed by atoms with Crippen molar-refractivity contribution in [3.63, 3.8) is 0 Å². The number of carboxylic acids is 1. The summed E-state index contributed by atoms with van der Waals surface area (Å²) in [5.74, 6) is -1.92. The van der Waals surface area contributed by atoms with E-state index in [4.69, 9.17) is 13.3 Å². The number of sulfone groups is 1. The van der Waals surface area contributed by atoms with Gasteiger partial charge in [-0.3, -0.25) is 0 Å². The maximum absolute atomic E-state index is 12.6. The molecule has 1 aromatic rings. The molecule has 1 N–H and O–H groups in total. The van der Waals surface area contributed by atoms with E-state index in [0.29, 0.717) is 6.42 Å². The molecule has 0 saturated carbocycles. The molecule has 1 aromatic carbocycles. The third kappa shape index (κ3) is 5.24. The van der Waals surface area contributed by atoms with E-state index >= 15 is 0 Å². The third-order valence-corrected chi connectivity index (χ3v) is 9.02. The van der Waals surface area contributed by atoms with Crippen LogP contribution in [0.5, 0.6) is 0 Å². The first-order chi connectivity index (χ1) is 12.2. The molecule has 0 heterocycles. The lowest BCUT2D eigenvalue weighted by Crippen LogP contribution is -2.47. The number of aryl methyl sites for hydroxylation is 1. The Balaban J connectivity index is 3.27. The number of carboxylic acid groups (broad SMARTS) is 1. The van der Waals surface area contributed by atoms with E-state index in [1.807, 2.05) is 13.8 Å². The Hall–Kier alpha value is -1.52. The molecule has 0 amide bonds. The molecule has 0 spiro atoms. The van der Waals surface area contributed by atoms with Gasteiger partial charge in [0.05, 0.1) is 10.6 Å². The highest BCUT2D eigenvalue weighted by Crippen LogP contribution is 2.30. The van der Waals surface area contributed by atoms with Crippen molar-refractivity contribution in [2.45, 2.75) is 30.7 Å². The predicted molar refractivity (Wildman–Crippen MR) is 99.8 cm³/mol. The quantitative estimate of drug-likeness (QED) is 0.474. The lowest BCUT2D eigenvalue weighted by molar-refractivity contribution is -0.132. The molecular weight excluding hydrogens is 376 g/mol. The average molecular weight is 403 g/mol. The first kappa shape index (κ1) is 22.5. The second kappa shape index (κ2) is 9.42. The largest absolute Gasteiger partial charge is 0.507 e. The summed E-state index contributed by atoms with van der Waals surface area (Å²) in [4.78, 5) is 11.7. The van der Waals surface area contributed by atoms with Gasteiger partial charge in [0.1, 0.15) is 0 Å². The average Bonchev–Trinajstić information content (AvgIpc) is 2.61. The molecule has 0 aliphatic heterocycles. The van der Waals surface area contributed by atoms with E-state index in [1.54, 1.807) is 12.1 Å². The van der Waals surface area contributed by atoms with Gasteiger partial charge in [-0.1, -0.05) is 30.7 Å². The Labute approximate surface area is 155 Å². The minimum atomic E-state index is -3.80. The normalized spacial score (nSPS) is 14.3. The van der Waals surface area contributed by atoms with Gasteiger partial charge in [0, 0.05) is 32.4 Å². The molecular formula is C17H26O7SSi. The Morgan fingerprint density at radius 2 is 1.65 bits per heavy atom. The van der Waals surface area contributed by atoms with Crippen LogP contribution in [0.1, 0.15) is 18.9 Å². The van der Waals surface area contributed by atoms with E-state index in [0.717, 1.165) is 5.56 Å². The lowest BCUT2D eigenvalue weighted by Gasteiger charge is -2.30. The van der Waals surface area contributed by atoms with Gasteiger partial charge >= 0.3 is 14.8 Å². The standard InChI is InChI=1S/C17H26O7SSi/c1-6-16(26(22-3,23-4)24-5)11-14(17(18)19)12-25(20,21)15-9-7-13(2)8-10-15/h7-11,16H,6,12H2,1-5H3,(H,18,19)/b14-11+. The van der Waals surface area contributed by atoms with Crippen LogP contribution in [0.15, 0.2) is 40.8 Å². The van der Waals surface area contributed by atoms with Gasteiger partial charge in [0.25, 0.3) is 0 Å². The maximum Gasteiger partial charge on any atom is 0.507 e. The van der Waals surface area contributed by atoms with E-state index in [2.05, 4.69) is 0 Å². The van der Waals surface area contributed by atoms with Crippen molar-refractivity contribution < 1.29 is 31.6 Å². The number of allylic oxidation sites excluding steroid dienone is 1. The highest BCUT2D eigenvalue weighted by molar-refractivity contribution is 7.91. The van der Waals surface area contributed by atoms with E-state index in [-0.39, 0.29) is 10.5 Å². The Kier molecular flexibility index (Phi) is 8.16. The van der Waals surface area contributed by atoms with Gasteiger partial charge in [-0.15, -0.1) is 0 Å². The molecule has 146 valence electrons. The van der Waals surface area contributed by atoms with Gasteiger partial charge in [-0.05, 0) is 25.5 Å². The Morgan fingerprint density at radius 1 is 1.15 bits per heavy atom. The summed E-state index contributed by atoms with van der Waals surface area (Å²) in [6.07, 6.45) is 1.86. The topological polar surface area (TPSA) is 99.1 Å². The summed E-state index contributed by atoms with van der Waals surface area (Å²) in [6.45, 7) is 3.67. The fraction of sp³-hybridized carbons (Fsp3) is 0.471. The van der Waals surface area contributed by atoms with Crippen LogP contribution < -0.4 is 0 Å². The molecule has 0 aliphatic carbocycles. The summed E-state index contributed by atoms with van der Waals surface area (Å²) in [5.41, 5.74) is 0.197. The molecule has 1 atom stereocenters. The number of hydrogen-bond donors (Lipinski definition) is 1. The smallest absolute Gasteiger partial charge is 0.478 e. The van der Waals surface area contributed by atoms with Crippen molar-refractivity contribution in [3.05, 3.63) is 41.5 Å². The van der Waals surface area contributed by atoms with E-state index in [9.17, 15) is 18.3 Å². The third-order valence-electron chi connectivity index (χ3n) is 4.15. The molecule has 0 bridgehead atoms. The molecule has 7 nitrogen and oxygen atoms in total. The van der Waals surface area contributed by atoms with Crippen LogP contribution >= 0.6 is 0 Å². The summed E-state index contributed by atoms with van der Waals surface area (Å²) in [6, 6.07) is 6.29. The van der Waals surface area contributed by atoms with Crippen molar-refractivity contribution in [1.82, 2.24) is 0 Å². The molecule has 0 aromatic heterocycles. The van der Waals surface area contributed by atoms with Crippen LogP contribution in [0.3, 0.4) is 0 Å². The van der Waals surface area contributed by atoms with E-state index < -0.39 is 35.9 Å². The summed E-state index contributed by atoms with van der Waals surface area (Å²) < 4.78 is 41.4. The van der Waals surface area contributed by atoms with E-state index in [1.165, 1.54) is 39.5 Å². The number of benzene rings is 1. The minimum absolute atomic E-state index is 0.0806. The van der Waals surface area contributed by atoms with Crippen molar-refractivity contribution in [3.8, 4) is 0 Å². The molecule has 9 heteroatoms. The summed E-state index contributed by atoms with van der Waals surface area (Å²) in [7, 11) is -2.66. The first-order valence-electron chi connectivity index (χ1n) is 8.04. The van der Waals surface area contributed by atoms with Crippen LogP contribution in [-0.4, -0.2) is 55.4 Å². The highest BCUT2D eigenvalue weighted by atomic mass is 32.2. The second-order valence-electron chi connectivity index (χ2n) is 5.80. The number of carbonyl (C=O) groups is 1. The fourth-order valence-corrected chi connectivity index (χ4v) is 6.29. The SMILES string of the molecule is CCC(/C=C(\CS(=O)(=O)c1ccc(C)cc1)C(=O)O)[Si](OC)(OC)OC. The molecule has 1 unspecified atom stereocenters. The Bertz CT molecular complexity index is 729. The van der Waals surface area contributed by atoms with Gasteiger partial charge in [-0.25, -0.2) is 13.2 Å². The van der Waals surface area contributed by atoms with Crippen molar-refractivity contribution in [2.75, 3.05) is 27.1 Å². The van der Waals surface area contributed by atoms with Gasteiger partial charge in [0.15, 0.2) is 9.84 Å². The van der Waals surface area contributed by atoms with Crippen LogP contribution in [0.25, 0.3) is 0 Å². The van der Waals surface area contributed by atoms with Gasteiger partial charge < -0.3 is 18.4 Å². The minimum Gasteiger partial charge on any atom is -0.478 e. The van der Waals surface area contributed by atoms with Crippen LogP contribution in [-0.2, 0) is 27.9 Å². The predicted octanol–water partition coefficient (Wildman–Crippen LogP) is 2.44. The molecule has 1 rings (SSSR count). The Morgan fingerprint density at radius 3 is 2.04 bits per heavy atom. The van der Waals surface area contributed by atoms with Gasteiger partial charge in [-0.2, -0.15) is 0 Å². The number of aliphatic carboxylic acids is 1. The summed E-state index contributed by atoms with van der Waals surface area (Å²) in [5, 5.41) is 9.52. The first-order valence-corrected chi connectivity index (χ1v) is 11.5. The lowest BCUT2D eigenvalue weighted by atomic mass is 10.2. The number of hydrogen-bond acceptors (Lipinski definition) is 6. The zero-order valence-electron chi connectivity index (χ0n) is 15.7. The molecule has 0 fully saturated rings. The summed E-state index contributed by atoms with van der Waals surface area (Å²) >= 11 is 0. The van der Waals surface area contributed by atoms with Crippen molar-refractivity contribution >= 4 is 24.6 Å².